The largest absolute Gasteiger partial charge is 0.316 e. The van der Waals surface area contributed by atoms with Crippen LogP contribution in [0.25, 0.3) is 0 Å². The average molecular weight is 303 g/mol. The summed E-state index contributed by atoms with van der Waals surface area (Å²) in [6.45, 7) is 9.50. The summed E-state index contributed by atoms with van der Waals surface area (Å²) in [5.41, 5.74) is 0. The highest BCUT2D eigenvalue weighted by atomic mass is 35.5. The number of hydrogen-bond donors (Lipinski definition) is 1. The van der Waals surface area contributed by atoms with Gasteiger partial charge in [0.2, 0.25) is 0 Å². The van der Waals surface area contributed by atoms with Crippen molar-refractivity contribution in [2.75, 3.05) is 39.0 Å². The topological polar surface area (TPSA) is 15.3 Å². The molecular formula is C12H28Cl2N2S. The van der Waals surface area contributed by atoms with E-state index in [0.29, 0.717) is 0 Å². The van der Waals surface area contributed by atoms with E-state index < -0.39 is 0 Å². The lowest BCUT2D eigenvalue weighted by Crippen LogP contribution is -2.37. The Kier molecular flexibility index (Phi) is 14.1. The molecule has 0 radical (unpaired) electrons. The summed E-state index contributed by atoms with van der Waals surface area (Å²) in [6.07, 6.45) is 2.77. The standard InChI is InChI=1S/C12H26N2S.2ClH/c1-11(2)15-8-7-14(3)10-12-5-4-6-13-9-12;;/h11-13H,4-10H2,1-3H3;2*1H. The third-order valence-electron chi connectivity index (χ3n) is 2.89. The summed E-state index contributed by atoms with van der Waals surface area (Å²) in [6, 6.07) is 0. The van der Waals surface area contributed by atoms with Crippen LogP contribution in [0.3, 0.4) is 0 Å². The maximum Gasteiger partial charge on any atom is 0.00695 e. The van der Waals surface area contributed by atoms with Gasteiger partial charge in [-0.25, -0.2) is 0 Å². The SMILES string of the molecule is CC(C)SCCN(C)CC1CCCNC1.Cl.Cl. The molecule has 17 heavy (non-hydrogen) atoms. The van der Waals surface area contributed by atoms with Crippen LogP contribution < -0.4 is 5.32 Å². The normalized spacial score (nSPS) is 19.9. The van der Waals surface area contributed by atoms with Gasteiger partial charge in [-0.05, 0) is 44.1 Å². The lowest BCUT2D eigenvalue weighted by Gasteiger charge is -2.27. The van der Waals surface area contributed by atoms with Gasteiger partial charge in [-0.15, -0.1) is 24.8 Å². The lowest BCUT2D eigenvalue weighted by molar-refractivity contribution is 0.253. The molecule has 0 bridgehead atoms. The Labute approximate surface area is 123 Å². The van der Waals surface area contributed by atoms with Gasteiger partial charge in [0.1, 0.15) is 0 Å². The van der Waals surface area contributed by atoms with E-state index in [1.165, 1.54) is 44.8 Å². The zero-order chi connectivity index (χ0) is 11.1. The van der Waals surface area contributed by atoms with Crippen molar-refractivity contribution >= 4 is 36.6 Å². The van der Waals surface area contributed by atoms with Crippen molar-refractivity contribution in [2.24, 2.45) is 5.92 Å². The molecule has 0 aromatic rings. The molecule has 1 fully saturated rings. The van der Waals surface area contributed by atoms with E-state index in [4.69, 9.17) is 0 Å². The van der Waals surface area contributed by atoms with Crippen molar-refractivity contribution in [3.8, 4) is 0 Å². The minimum atomic E-state index is 0. The number of nitrogens with zero attached hydrogens (tertiary/aromatic N) is 1. The van der Waals surface area contributed by atoms with Crippen molar-refractivity contribution in [1.29, 1.82) is 0 Å². The molecule has 1 unspecified atom stereocenters. The second-order valence-electron chi connectivity index (χ2n) is 4.89. The molecule has 1 heterocycles. The van der Waals surface area contributed by atoms with E-state index in [-0.39, 0.29) is 24.8 Å². The average Bonchev–Trinajstić information content (AvgIpc) is 2.18. The first-order valence-corrected chi connectivity index (χ1v) is 7.24. The van der Waals surface area contributed by atoms with Crippen LogP contribution in [0, 0.1) is 5.92 Å². The quantitative estimate of drug-likeness (QED) is 0.812. The predicted octanol–water partition coefficient (Wildman–Crippen LogP) is 2.90. The molecule has 1 rings (SSSR count). The van der Waals surface area contributed by atoms with Gasteiger partial charge in [0.25, 0.3) is 0 Å². The summed E-state index contributed by atoms with van der Waals surface area (Å²) in [7, 11) is 2.26. The van der Waals surface area contributed by atoms with Gasteiger partial charge >= 0.3 is 0 Å². The first-order valence-electron chi connectivity index (χ1n) is 6.19. The van der Waals surface area contributed by atoms with Gasteiger partial charge < -0.3 is 10.2 Å². The van der Waals surface area contributed by atoms with E-state index >= 15 is 0 Å². The Hall–Kier alpha value is 0.850. The summed E-state index contributed by atoms with van der Waals surface area (Å²) in [4.78, 5) is 2.49. The second kappa shape index (κ2) is 11.9. The molecule has 0 saturated carbocycles. The monoisotopic (exact) mass is 302 g/mol. The highest BCUT2D eigenvalue weighted by Gasteiger charge is 2.14. The summed E-state index contributed by atoms with van der Waals surface area (Å²) in [5.74, 6) is 2.15. The van der Waals surface area contributed by atoms with Crippen molar-refractivity contribution in [1.82, 2.24) is 10.2 Å². The Balaban J connectivity index is 0. The van der Waals surface area contributed by atoms with E-state index in [1.807, 2.05) is 0 Å². The van der Waals surface area contributed by atoms with Crippen LogP contribution in [-0.4, -0.2) is 49.1 Å². The van der Waals surface area contributed by atoms with Gasteiger partial charge in [0.15, 0.2) is 0 Å². The molecule has 106 valence electrons. The lowest BCUT2D eigenvalue weighted by atomic mass is 9.99. The highest BCUT2D eigenvalue weighted by Crippen LogP contribution is 2.12. The van der Waals surface area contributed by atoms with Gasteiger partial charge in [-0.3, -0.25) is 0 Å². The number of thioether (sulfide) groups is 1. The molecule has 1 atom stereocenters. The second-order valence-corrected chi connectivity index (χ2v) is 6.58. The maximum absolute atomic E-state index is 3.48. The fourth-order valence-electron chi connectivity index (χ4n) is 2.06. The number of rotatable bonds is 6. The smallest absolute Gasteiger partial charge is 0.00695 e. The number of halogens is 2. The van der Waals surface area contributed by atoms with E-state index in [0.717, 1.165) is 11.2 Å². The molecule has 0 aliphatic carbocycles. The van der Waals surface area contributed by atoms with Crippen LogP contribution in [0.2, 0.25) is 0 Å². The molecular weight excluding hydrogens is 275 g/mol. The number of nitrogens with one attached hydrogen (secondary N) is 1. The van der Waals surface area contributed by atoms with Gasteiger partial charge in [0, 0.05) is 18.8 Å². The molecule has 0 aromatic carbocycles. The van der Waals surface area contributed by atoms with E-state index in [2.05, 4.69) is 42.9 Å². The van der Waals surface area contributed by atoms with Crippen LogP contribution in [0.5, 0.6) is 0 Å². The van der Waals surface area contributed by atoms with Crippen molar-refractivity contribution in [3.63, 3.8) is 0 Å². The third-order valence-corrected chi connectivity index (χ3v) is 3.98. The summed E-state index contributed by atoms with van der Waals surface area (Å²) < 4.78 is 0. The minimum Gasteiger partial charge on any atom is -0.316 e. The molecule has 1 aliphatic rings. The molecule has 1 aliphatic heterocycles. The van der Waals surface area contributed by atoms with Crippen LogP contribution in [0.15, 0.2) is 0 Å². The first-order chi connectivity index (χ1) is 7.18. The summed E-state index contributed by atoms with van der Waals surface area (Å²) in [5, 5.41) is 4.26. The van der Waals surface area contributed by atoms with Crippen LogP contribution in [0.1, 0.15) is 26.7 Å². The van der Waals surface area contributed by atoms with Crippen molar-refractivity contribution < 1.29 is 0 Å². The molecule has 1 N–H and O–H groups in total. The first kappa shape index (κ1) is 20.2. The van der Waals surface area contributed by atoms with Crippen LogP contribution in [-0.2, 0) is 0 Å². The predicted molar refractivity (Wildman–Crippen MR) is 85.2 cm³/mol. The van der Waals surface area contributed by atoms with Gasteiger partial charge in [-0.2, -0.15) is 11.8 Å². The van der Waals surface area contributed by atoms with E-state index in [9.17, 15) is 0 Å². The number of piperidine rings is 1. The van der Waals surface area contributed by atoms with Crippen LogP contribution in [0.4, 0.5) is 0 Å². The summed E-state index contributed by atoms with van der Waals surface area (Å²) >= 11 is 2.06. The Morgan fingerprint density at radius 1 is 1.35 bits per heavy atom. The minimum absolute atomic E-state index is 0. The molecule has 1 saturated heterocycles. The van der Waals surface area contributed by atoms with Crippen LogP contribution >= 0.6 is 36.6 Å². The molecule has 2 nitrogen and oxygen atoms in total. The van der Waals surface area contributed by atoms with Gasteiger partial charge in [0.05, 0.1) is 0 Å². The molecule has 0 spiro atoms. The fourth-order valence-corrected chi connectivity index (χ4v) is 2.94. The Bertz CT molecular complexity index is 165. The highest BCUT2D eigenvalue weighted by molar-refractivity contribution is 7.99. The van der Waals surface area contributed by atoms with Gasteiger partial charge in [-0.1, -0.05) is 13.8 Å². The Morgan fingerprint density at radius 2 is 2.06 bits per heavy atom. The molecule has 5 heteroatoms. The number of hydrogen-bond acceptors (Lipinski definition) is 3. The zero-order valence-corrected chi connectivity index (χ0v) is 13.7. The molecule has 0 amide bonds. The molecule has 0 aromatic heterocycles. The fraction of sp³-hybridized carbons (Fsp3) is 1.00. The Morgan fingerprint density at radius 3 is 2.59 bits per heavy atom. The van der Waals surface area contributed by atoms with Crippen molar-refractivity contribution in [3.05, 3.63) is 0 Å². The third kappa shape index (κ3) is 10.5. The van der Waals surface area contributed by atoms with Crippen molar-refractivity contribution in [2.45, 2.75) is 31.9 Å². The zero-order valence-electron chi connectivity index (χ0n) is 11.3. The maximum atomic E-state index is 3.48. The van der Waals surface area contributed by atoms with E-state index in [1.54, 1.807) is 0 Å².